The van der Waals surface area contributed by atoms with E-state index in [1.807, 2.05) is 18.4 Å². The zero-order valence-corrected chi connectivity index (χ0v) is 13.7. The summed E-state index contributed by atoms with van der Waals surface area (Å²) in [5.74, 6) is -0.906. The molecule has 0 amide bonds. The molecule has 0 bridgehead atoms. The Hall–Kier alpha value is -2.16. The Morgan fingerprint density at radius 1 is 1.26 bits per heavy atom. The summed E-state index contributed by atoms with van der Waals surface area (Å²) in [4.78, 5) is 8.16. The smallest absolute Gasteiger partial charge is 0.240 e. The van der Waals surface area contributed by atoms with Crippen molar-refractivity contribution in [2.75, 3.05) is 0 Å². The van der Waals surface area contributed by atoms with Crippen LogP contribution >= 0.6 is 11.3 Å². The summed E-state index contributed by atoms with van der Waals surface area (Å²) in [5, 5.41) is 7.66. The van der Waals surface area contributed by atoms with Gasteiger partial charge in [-0.25, -0.2) is 22.9 Å². The van der Waals surface area contributed by atoms with Gasteiger partial charge >= 0.3 is 0 Å². The summed E-state index contributed by atoms with van der Waals surface area (Å²) in [6, 6.07) is 7.35. The number of hydrogen-bond acceptors (Lipinski definition) is 5. The number of nitrogens with two attached hydrogens (primary N) is 1. The SMILES string of the molecule is Cc1csc(-c2cccnc2-c2ccc(S(N)(=O)=O)c(F)c2)n1. The summed E-state index contributed by atoms with van der Waals surface area (Å²) in [7, 11) is -4.10. The average Bonchev–Trinajstić information content (AvgIpc) is 2.92. The lowest BCUT2D eigenvalue weighted by Crippen LogP contribution is -2.14. The molecule has 0 unspecified atom stereocenters. The van der Waals surface area contributed by atoms with Gasteiger partial charge < -0.3 is 0 Å². The fraction of sp³-hybridized carbons (Fsp3) is 0.0667. The third-order valence-corrected chi connectivity index (χ3v) is 5.11. The highest BCUT2D eigenvalue weighted by molar-refractivity contribution is 7.89. The van der Waals surface area contributed by atoms with E-state index in [1.165, 1.54) is 17.4 Å². The zero-order valence-electron chi connectivity index (χ0n) is 12.0. The molecular weight excluding hydrogens is 337 g/mol. The topological polar surface area (TPSA) is 85.9 Å². The van der Waals surface area contributed by atoms with E-state index in [0.717, 1.165) is 28.4 Å². The maximum absolute atomic E-state index is 14.1. The Morgan fingerprint density at radius 2 is 2.04 bits per heavy atom. The molecule has 3 aromatic rings. The molecule has 2 aromatic heterocycles. The molecule has 0 aliphatic rings. The number of nitrogens with zero attached hydrogens (tertiary/aromatic N) is 2. The highest BCUT2D eigenvalue weighted by atomic mass is 32.2. The first-order valence-electron chi connectivity index (χ1n) is 6.56. The molecule has 5 nitrogen and oxygen atoms in total. The van der Waals surface area contributed by atoms with Crippen molar-refractivity contribution < 1.29 is 12.8 Å². The zero-order chi connectivity index (χ0) is 16.6. The molecule has 3 rings (SSSR count). The van der Waals surface area contributed by atoms with Crippen molar-refractivity contribution in [3.05, 3.63) is 53.4 Å². The summed E-state index contributed by atoms with van der Waals surface area (Å²) in [5.41, 5.74) is 2.63. The highest BCUT2D eigenvalue weighted by Gasteiger charge is 2.17. The molecule has 2 N–H and O–H groups in total. The second-order valence-corrected chi connectivity index (χ2v) is 7.27. The van der Waals surface area contributed by atoms with Gasteiger partial charge in [0.2, 0.25) is 10.0 Å². The Labute approximate surface area is 136 Å². The predicted octanol–water partition coefficient (Wildman–Crippen LogP) is 2.97. The van der Waals surface area contributed by atoms with Gasteiger partial charge in [0.15, 0.2) is 0 Å². The van der Waals surface area contributed by atoms with Crippen molar-refractivity contribution in [1.82, 2.24) is 9.97 Å². The normalized spacial score (nSPS) is 11.6. The van der Waals surface area contributed by atoms with Gasteiger partial charge in [0.05, 0.1) is 5.69 Å². The van der Waals surface area contributed by atoms with Crippen LogP contribution in [0.1, 0.15) is 5.69 Å². The molecular formula is C15H12FN3O2S2. The molecule has 118 valence electrons. The fourth-order valence-electron chi connectivity index (χ4n) is 2.16. The minimum absolute atomic E-state index is 0.457. The number of halogens is 1. The molecule has 1 aromatic carbocycles. The van der Waals surface area contributed by atoms with Crippen LogP contribution in [-0.4, -0.2) is 18.4 Å². The number of hydrogen-bond donors (Lipinski definition) is 1. The molecule has 0 spiro atoms. The summed E-state index contributed by atoms with van der Waals surface area (Å²) in [6.45, 7) is 1.89. The third kappa shape index (κ3) is 3.14. The van der Waals surface area contributed by atoms with E-state index in [1.54, 1.807) is 12.3 Å². The van der Waals surface area contributed by atoms with E-state index in [4.69, 9.17) is 5.14 Å². The van der Waals surface area contributed by atoms with E-state index in [2.05, 4.69) is 9.97 Å². The van der Waals surface area contributed by atoms with Gasteiger partial charge in [0, 0.05) is 28.4 Å². The van der Waals surface area contributed by atoms with Gasteiger partial charge in [0.25, 0.3) is 0 Å². The van der Waals surface area contributed by atoms with Crippen LogP contribution < -0.4 is 5.14 Å². The number of pyridine rings is 1. The number of rotatable bonds is 3. The van der Waals surface area contributed by atoms with Crippen molar-refractivity contribution in [2.24, 2.45) is 5.14 Å². The molecule has 23 heavy (non-hydrogen) atoms. The fourth-order valence-corrected chi connectivity index (χ4v) is 3.58. The lowest BCUT2D eigenvalue weighted by Gasteiger charge is -2.08. The molecule has 0 radical (unpaired) electrons. The Bertz CT molecular complexity index is 984. The van der Waals surface area contributed by atoms with E-state index in [9.17, 15) is 12.8 Å². The molecule has 2 heterocycles. The molecule has 8 heteroatoms. The number of aromatic nitrogens is 2. The van der Waals surface area contributed by atoms with Crippen LogP contribution in [0.4, 0.5) is 4.39 Å². The largest absolute Gasteiger partial charge is 0.256 e. The van der Waals surface area contributed by atoms with Gasteiger partial charge in [-0.1, -0.05) is 6.07 Å². The van der Waals surface area contributed by atoms with E-state index in [0.29, 0.717) is 11.3 Å². The van der Waals surface area contributed by atoms with Crippen LogP contribution in [0.2, 0.25) is 0 Å². The van der Waals surface area contributed by atoms with Crippen LogP contribution in [0.25, 0.3) is 21.8 Å². The molecule has 0 aliphatic heterocycles. The standard InChI is InChI=1S/C15H12FN3O2S2/c1-9-8-22-15(19-9)11-3-2-6-18-14(11)10-4-5-13(12(16)7-10)23(17,20)21/h2-8H,1H3,(H2,17,20,21). The minimum atomic E-state index is -4.10. The van der Waals surface area contributed by atoms with E-state index < -0.39 is 20.7 Å². The van der Waals surface area contributed by atoms with Gasteiger partial charge in [-0.3, -0.25) is 4.98 Å². The second-order valence-electron chi connectivity index (χ2n) is 4.88. The molecule has 0 aliphatic carbocycles. The van der Waals surface area contributed by atoms with Crippen molar-refractivity contribution in [1.29, 1.82) is 0 Å². The maximum Gasteiger partial charge on any atom is 0.240 e. The lowest BCUT2D eigenvalue weighted by atomic mass is 10.1. The molecule has 0 saturated heterocycles. The van der Waals surface area contributed by atoms with Gasteiger partial charge in [-0.05, 0) is 31.2 Å². The van der Waals surface area contributed by atoms with Crippen molar-refractivity contribution in [3.63, 3.8) is 0 Å². The Balaban J connectivity index is 2.15. The van der Waals surface area contributed by atoms with E-state index >= 15 is 0 Å². The number of thiazole rings is 1. The first-order chi connectivity index (χ1) is 10.9. The monoisotopic (exact) mass is 349 g/mol. The Morgan fingerprint density at radius 3 is 2.65 bits per heavy atom. The minimum Gasteiger partial charge on any atom is -0.256 e. The summed E-state index contributed by atoms with van der Waals surface area (Å²) in [6.07, 6.45) is 1.59. The number of primary sulfonamides is 1. The van der Waals surface area contributed by atoms with E-state index in [-0.39, 0.29) is 0 Å². The molecule has 0 fully saturated rings. The van der Waals surface area contributed by atoms with Crippen molar-refractivity contribution >= 4 is 21.4 Å². The highest BCUT2D eigenvalue weighted by Crippen LogP contribution is 2.33. The quantitative estimate of drug-likeness (QED) is 0.788. The average molecular weight is 349 g/mol. The van der Waals surface area contributed by atoms with Gasteiger partial charge in [0.1, 0.15) is 15.7 Å². The maximum atomic E-state index is 14.1. The van der Waals surface area contributed by atoms with Crippen LogP contribution in [-0.2, 0) is 10.0 Å². The third-order valence-electron chi connectivity index (χ3n) is 3.17. The second kappa shape index (κ2) is 5.80. The van der Waals surface area contributed by atoms with Crippen molar-refractivity contribution in [2.45, 2.75) is 11.8 Å². The first-order valence-corrected chi connectivity index (χ1v) is 8.99. The van der Waals surface area contributed by atoms with Crippen molar-refractivity contribution in [3.8, 4) is 21.8 Å². The van der Waals surface area contributed by atoms with Crippen LogP contribution in [0, 0.1) is 12.7 Å². The Kier molecular flexibility index (Phi) is 3.97. The van der Waals surface area contributed by atoms with Crippen LogP contribution in [0.3, 0.4) is 0 Å². The first kappa shape index (κ1) is 15.7. The van der Waals surface area contributed by atoms with Crippen LogP contribution in [0.15, 0.2) is 46.8 Å². The summed E-state index contributed by atoms with van der Waals surface area (Å²) >= 11 is 1.46. The summed E-state index contributed by atoms with van der Waals surface area (Å²) < 4.78 is 36.7. The molecule has 0 atom stereocenters. The predicted molar refractivity (Wildman–Crippen MR) is 86.8 cm³/mol. The molecule has 0 saturated carbocycles. The van der Waals surface area contributed by atoms with Gasteiger partial charge in [-0.2, -0.15) is 0 Å². The van der Waals surface area contributed by atoms with Gasteiger partial charge in [-0.15, -0.1) is 11.3 Å². The lowest BCUT2D eigenvalue weighted by molar-refractivity contribution is 0.568. The number of benzene rings is 1. The number of sulfonamides is 1. The van der Waals surface area contributed by atoms with Crippen LogP contribution in [0.5, 0.6) is 0 Å². The number of aryl methyl sites for hydroxylation is 1.